The summed E-state index contributed by atoms with van der Waals surface area (Å²) in [4.78, 5) is 5.58. The van der Waals surface area contributed by atoms with Crippen LogP contribution in [0.15, 0.2) is 0 Å². The van der Waals surface area contributed by atoms with Crippen LogP contribution in [0.4, 0.5) is 0 Å². The molecule has 2 heterocycles. The van der Waals surface area contributed by atoms with Crippen molar-refractivity contribution in [3.63, 3.8) is 0 Å². The predicted molar refractivity (Wildman–Crippen MR) is 75.9 cm³/mol. The van der Waals surface area contributed by atoms with E-state index in [4.69, 9.17) is 0 Å². The molecule has 2 aliphatic heterocycles. The molecule has 1 aliphatic carbocycles. The van der Waals surface area contributed by atoms with Gasteiger partial charge in [-0.1, -0.05) is 0 Å². The zero-order valence-electron chi connectivity index (χ0n) is 11.9. The second-order valence-electron chi connectivity index (χ2n) is 6.47. The average molecular weight is 251 g/mol. The highest BCUT2D eigenvalue weighted by molar-refractivity contribution is 4.89. The topological polar surface area (TPSA) is 18.5 Å². The van der Waals surface area contributed by atoms with Gasteiger partial charge in [-0.05, 0) is 71.6 Å². The van der Waals surface area contributed by atoms with E-state index in [0.29, 0.717) is 0 Å². The molecule has 0 bridgehead atoms. The maximum absolute atomic E-state index is 3.45. The van der Waals surface area contributed by atoms with Crippen molar-refractivity contribution < 1.29 is 0 Å². The number of fused-ring (bicyclic) bond motifs is 1. The number of nitrogens with one attached hydrogen (secondary N) is 1. The predicted octanol–water partition coefficient (Wildman–Crippen LogP) is 1.69. The maximum atomic E-state index is 3.45. The highest BCUT2D eigenvalue weighted by atomic mass is 15.3. The number of rotatable bonds is 2. The first-order valence-electron chi connectivity index (χ1n) is 8.02. The van der Waals surface area contributed by atoms with Crippen molar-refractivity contribution in [3.05, 3.63) is 0 Å². The number of hydrogen-bond donors (Lipinski definition) is 1. The standard InChI is InChI=1S/C15H29N3/c1-16-13-5-7-14(8-6-13)18-11-3-10-17-9-2-4-15(17)12-18/h13-16H,2-12H2,1H3. The molecule has 3 nitrogen and oxygen atoms in total. The first-order valence-corrected chi connectivity index (χ1v) is 8.02. The van der Waals surface area contributed by atoms with Crippen LogP contribution in [-0.2, 0) is 0 Å². The van der Waals surface area contributed by atoms with E-state index in [2.05, 4.69) is 22.2 Å². The fourth-order valence-electron chi connectivity index (χ4n) is 4.30. The Balaban J connectivity index is 1.55. The van der Waals surface area contributed by atoms with Gasteiger partial charge in [-0.3, -0.25) is 9.80 Å². The summed E-state index contributed by atoms with van der Waals surface area (Å²) in [6.07, 6.45) is 9.87. The van der Waals surface area contributed by atoms with Crippen molar-refractivity contribution in [1.29, 1.82) is 0 Å². The Morgan fingerprint density at radius 2 is 1.50 bits per heavy atom. The summed E-state index contributed by atoms with van der Waals surface area (Å²) < 4.78 is 0. The Morgan fingerprint density at radius 1 is 0.778 bits per heavy atom. The molecule has 1 unspecified atom stereocenters. The van der Waals surface area contributed by atoms with E-state index < -0.39 is 0 Å². The molecule has 2 saturated heterocycles. The first-order chi connectivity index (χ1) is 8.86. The normalized spacial score (nSPS) is 39.5. The Morgan fingerprint density at radius 3 is 2.28 bits per heavy atom. The second kappa shape index (κ2) is 5.89. The molecular weight excluding hydrogens is 222 g/mol. The largest absolute Gasteiger partial charge is 0.317 e. The lowest BCUT2D eigenvalue weighted by atomic mass is 9.90. The molecule has 0 aromatic rings. The zero-order valence-corrected chi connectivity index (χ0v) is 11.9. The van der Waals surface area contributed by atoms with Crippen LogP contribution >= 0.6 is 0 Å². The molecule has 0 amide bonds. The Bertz CT molecular complexity index is 260. The highest BCUT2D eigenvalue weighted by Gasteiger charge is 2.32. The summed E-state index contributed by atoms with van der Waals surface area (Å²) in [6, 6.07) is 2.56. The summed E-state index contributed by atoms with van der Waals surface area (Å²) >= 11 is 0. The molecule has 1 N–H and O–H groups in total. The SMILES string of the molecule is CNC1CCC(N2CCCN3CCCC3C2)CC1. The quantitative estimate of drug-likeness (QED) is 0.806. The van der Waals surface area contributed by atoms with Gasteiger partial charge in [0, 0.05) is 24.7 Å². The number of hydrogen-bond acceptors (Lipinski definition) is 3. The third-order valence-corrected chi connectivity index (χ3v) is 5.46. The van der Waals surface area contributed by atoms with Gasteiger partial charge in [0.25, 0.3) is 0 Å². The van der Waals surface area contributed by atoms with E-state index >= 15 is 0 Å². The van der Waals surface area contributed by atoms with Crippen LogP contribution in [0.3, 0.4) is 0 Å². The molecule has 3 heteroatoms. The van der Waals surface area contributed by atoms with Gasteiger partial charge in [0.15, 0.2) is 0 Å². The van der Waals surface area contributed by atoms with Crippen LogP contribution in [0, 0.1) is 0 Å². The summed E-state index contributed by atoms with van der Waals surface area (Å²) in [5.41, 5.74) is 0. The molecule has 3 fully saturated rings. The van der Waals surface area contributed by atoms with Gasteiger partial charge in [-0.15, -0.1) is 0 Å². The van der Waals surface area contributed by atoms with E-state index in [1.807, 2.05) is 0 Å². The van der Waals surface area contributed by atoms with Gasteiger partial charge in [-0.2, -0.15) is 0 Å². The third kappa shape index (κ3) is 2.73. The molecular formula is C15H29N3. The van der Waals surface area contributed by atoms with Crippen molar-refractivity contribution >= 4 is 0 Å². The van der Waals surface area contributed by atoms with Crippen LogP contribution in [0.2, 0.25) is 0 Å². The maximum Gasteiger partial charge on any atom is 0.0223 e. The van der Waals surface area contributed by atoms with Crippen LogP contribution < -0.4 is 5.32 Å². The molecule has 3 aliphatic rings. The van der Waals surface area contributed by atoms with Crippen molar-refractivity contribution in [3.8, 4) is 0 Å². The zero-order chi connectivity index (χ0) is 12.4. The lowest BCUT2D eigenvalue weighted by Crippen LogP contribution is -2.45. The van der Waals surface area contributed by atoms with Crippen LogP contribution in [0.5, 0.6) is 0 Å². The van der Waals surface area contributed by atoms with Crippen molar-refractivity contribution in [2.24, 2.45) is 0 Å². The minimum absolute atomic E-state index is 0.788. The van der Waals surface area contributed by atoms with E-state index in [9.17, 15) is 0 Å². The molecule has 0 spiro atoms. The Hall–Kier alpha value is -0.120. The molecule has 104 valence electrons. The van der Waals surface area contributed by atoms with Crippen molar-refractivity contribution in [1.82, 2.24) is 15.1 Å². The van der Waals surface area contributed by atoms with Crippen LogP contribution in [0.1, 0.15) is 44.9 Å². The van der Waals surface area contributed by atoms with Crippen LogP contribution in [-0.4, -0.2) is 61.2 Å². The Kier molecular flexibility index (Phi) is 4.22. The number of nitrogens with zero attached hydrogens (tertiary/aromatic N) is 2. The molecule has 0 aromatic heterocycles. The van der Waals surface area contributed by atoms with E-state index in [-0.39, 0.29) is 0 Å². The minimum atomic E-state index is 0.788. The molecule has 0 radical (unpaired) electrons. The van der Waals surface area contributed by atoms with E-state index in [0.717, 1.165) is 18.1 Å². The fourth-order valence-corrected chi connectivity index (χ4v) is 4.30. The first kappa shape index (κ1) is 12.9. The van der Waals surface area contributed by atoms with E-state index in [1.54, 1.807) is 0 Å². The highest BCUT2D eigenvalue weighted by Crippen LogP contribution is 2.27. The molecule has 18 heavy (non-hydrogen) atoms. The molecule has 1 atom stereocenters. The third-order valence-electron chi connectivity index (χ3n) is 5.46. The smallest absolute Gasteiger partial charge is 0.0223 e. The van der Waals surface area contributed by atoms with Crippen LogP contribution in [0.25, 0.3) is 0 Å². The van der Waals surface area contributed by atoms with E-state index in [1.165, 1.54) is 71.1 Å². The van der Waals surface area contributed by atoms with Gasteiger partial charge in [0.1, 0.15) is 0 Å². The van der Waals surface area contributed by atoms with Gasteiger partial charge < -0.3 is 5.32 Å². The second-order valence-corrected chi connectivity index (χ2v) is 6.47. The van der Waals surface area contributed by atoms with Gasteiger partial charge in [0.05, 0.1) is 0 Å². The lowest BCUT2D eigenvalue weighted by molar-refractivity contribution is 0.132. The van der Waals surface area contributed by atoms with Crippen molar-refractivity contribution in [2.45, 2.75) is 63.1 Å². The average Bonchev–Trinajstić information content (AvgIpc) is 2.76. The summed E-state index contributed by atoms with van der Waals surface area (Å²) in [5, 5.41) is 3.45. The molecule has 1 saturated carbocycles. The lowest BCUT2D eigenvalue weighted by Gasteiger charge is -2.37. The van der Waals surface area contributed by atoms with Gasteiger partial charge in [-0.25, -0.2) is 0 Å². The molecule has 3 rings (SSSR count). The van der Waals surface area contributed by atoms with Gasteiger partial charge >= 0.3 is 0 Å². The Labute approximate surface area is 112 Å². The monoisotopic (exact) mass is 251 g/mol. The fraction of sp³-hybridized carbons (Fsp3) is 1.00. The van der Waals surface area contributed by atoms with Crippen molar-refractivity contribution in [2.75, 3.05) is 33.2 Å². The van der Waals surface area contributed by atoms with Gasteiger partial charge in [0.2, 0.25) is 0 Å². The summed E-state index contributed by atoms with van der Waals surface area (Å²) in [7, 11) is 2.12. The summed E-state index contributed by atoms with van der Waals surface area (Å²) in [6.45, 7) is 5.43. The minimum Gasteiger partial charge on any atom is -0.317 e. The molecule has 0 aromatic carbocycles. The summed E-state index contributed by atoms with van der Waals surface area (Å²) in [5.74, 6) is 0.